The number of thiophene rings is 1. The summed E-state index contributed by atoms with van der Waals surface area (Å²) in [4.78, 5) is 17.3. The molecule has 31 heavy (non-hydrogen) atoms. The Bertz CT molecular complexity index is 1380. The molecular weight excluding hydrogens is 406 g/mol. The monoisotopic (exact) mass is 425 g/mol. The summed E-state index contributed by atoms with van der Waals surface area (Å²) in [5.41, 5.74) is 3.55. The molecule has 0 bridgehead atoms. The molecule has 1 unspecified atom stereocenters. The van der Waals surface area contributed by atoms with Crippen molar-refractivity contribution in [1.29, 1.82) is 0 Å². The number of fused-ring (bicyclic) bond motifs is 1. The van der Waals surface area contributed by atoms with E-state index in [2.05, 4.69) is 10.3 Å². The second-order valence-electron chi connectivity index (χ2n) is 7.14. The standard InChI is InChI=1S/C25H19N3O2S/c29-22-13-23(27-18-7-3-1-4-8-18)28(19-9-5-2-6-10-19)24-20(22)14-26-15-21(24)25(30)17-11-12-31-16-17/h1-16,25,27,30H. The van der Waals surface area contributed by atoms with Gasteiger partial charge in [-0.25, -0.2) is 0 Å². The molecule has 5 rings (SSSR count). The molecule has 3 heterocycles. The van der Waals surface area contributed by atoms with Crippen LogP contribution in [0.4, 0.5) is 11.5 Å². The van der Waals surface area contributed by atoms with E-state index in [9.17, 15) is 9.90 Å². The van der Waals surface area contributed by atoms with E-state index in [1.165, 1.54) is 11.3 Å². The molecule has 3 aromatic heterocycles. The van der Waals surface area contributed by atoms with Crippen LogP contribution in [0.2, 0.25) is 0 Å². The smallest absolute Gasteiger partial charge is 0.193 e. The van der Waals surface area contributed by atoms with E-state index in [-0.39, 0.29) is 5.43 Å². The van der Waals surface area contributed by atoms with Crippen LogP contribution in [0.1, 0.15) is 17.2 Å². The minimum Gasteiger partial charge on any atom is -0.383 e. The molecule has 0 aliphatic heterocycles. The van der Waals surface area contributed by atoms with E-state index >= 15 is 0 Å². The highest BCUT2D eigenvalue weighted by atomic mass is 32.1. The summed E-state index contributed by atoms with van der Waals surface area (Å²) < 4.78 is 1.97. The Kier molecular flexibility index (Phi) is 5.08. The molecular formula is C25H19N3O2S. The SMILES string of the molecule is O=c1cc(Nc2ccccc2)n(-c2ccccc2)c2c(C(O)c3ccsc3)cncc12. The van der Waals surface area contributed by atoms with Gasteiger partial charge in [0.25, 0.3) is 0 Å². The predicted octanol–water partition coefficient (Wildman–Crippen LogP) is 5.27. The maximum Gasteiger partial charge on any atom is 0.193 e. The number of nitrogens with zero attached hydrogens (tertiary/aromatic N) is 2. The Morgan fingerprint density at radius 1 is 0.968 bits per heavy atom. The number of aliphatic hydroxyl groups excluding tert-OH is 1. The third kappa shape index (κ3) is 3.63. The van der Waals surface area contributed by atoms with Crippen molar-refractivity contribution in [3.05, 3.63) is 117 Å². The molecule has 0 radical (unpaired) electrons. The number of anilines is 2. The van der Waals surface area contributed by atoms with E-state index in [4.69, 9.17) is 0 Å². The average molecular weight is 426 g/mol. The molecule has 0 saturated carbocycles. The first-order valence-electron chi connectivity index (χ1n) is 9.84. The van der Waals surface area contributed by atoms with E-state index in [0.717, 1.165) is 16.9 Å². The van der Waals surface area contributed by atoms with Gasteiger partial charge in [0, 0.05) is 35.4 Å². The number of hydrogen-bond donors (Lipinski definition) is 2. The summed E-state index contributed by atoms with van der Waals surface area (Å²) in [6, 6.07) is 22.9. The largest absolute Gasteiger partial charge is 0.383 e. The molecule has 2 aromatic carbocycles. The molecule has 5 aromatic rings. The van der Waals surface area contributed by atoms with Crippen molar-refractivity contribution in [2.24, 2.45) is 0 Å². The van der Waals surface area contributed by atoms with Crippen LogP contribution in [0.5, 0.6) is 0 Å². The topological polar surface area (TPSA) is 67.2 Å². The second-order valence-corrected chi connectivity index (χ2v) is 7.92. The lowest BCUT2D eigenvalue weighted by Crippen LogP contribution is -2.15. The van der Waals surface area contributed by atoms with Crippen molar-refractivity contribution in [1.82, 2.24) is 9.55 Å². The summed E-state index contributed by atoms with van der Waals surface area (Å²) in [7, 11) is 0. The predicted molar refractivity (Wildman–Crippen MR) is 125 cm³/mol. The zero-order valence-corrected chi connectivity index (χ0v) is 17.3. The molecule has 0 aliphatic rings. The summed E-state index contributed by atoms with van der Waals surface area (Å²) in [6.07, 6.45) is 2.30. The highest BCUT2D eigenvalue weighted by Gasteiger charge is 2.20. The first kappa shape index (κ1) is 19.2. The summed E-state index contributed by atoms with van der Waals surface area (Å²) in [5.74, 6) is 0.611. The number of nitrogens with one attached hydrogen (secondary N) is 1. The van der Waals surface area contributed by atoms with Gasteiger partial charge in [-0.2, -0.15) is 11.3 Å². The molecule has 2 N–H and O–H groups in total. The molecule has 5 nitrogen and oxygen atoms in total. The van der Waals surface area contributed by atoms with Gasteiger partial charge in [-0.3, -0.25) is 14.3 Å². The fourth-order valence-electron chi connectivity index (χ4n) is 3.70. The lowest BCUT2D eigenvalue weighted by molar-refractivity contribution is 0.221. The summed E-state index contributed by atoms with van der Waals surface area (Å²) in [6.45, 7) is 0. The van der Waals surface area contributed by atoms with E-state index < -0.39 is 6.10 Å². The average Bonchev–Trinajstić information content (AvgIpc) is 3.35. The molecule has 0 fully saturated rings. The van der Waals surface area contributed by atoms with Gasteiger partial charge in [0.15, 0.2) is 5.43 Å². The van der Waals surface area contributed by atoms with Crippen molar-refractivity contribution < 1.29 is 5.11 Å². The minimum absolute atomic E-state index is 0.160. The zero-order valence-electron chi connectivity index (χ0n) is 16.5. The molecule has 0 spiro atoms. The summed E-state index contributed by atoms with van der Waals surface area (Å²) in [5, 5.41) is 18.8. The van der Waals surface area contributed by atoms with Crippen LogP contribution in [-0.4, -0.2) is 14.7 Å². The molecule has 1 atom stereocenters. The normalized spacial score (nSPS) is 12.0. The number of benzene rings is 2. The minimum atomic E-state index is -0.899. The van der Waals surface area contributed by atoms with E-state index in [0.29, 0.717) is 22.3 Å². The Labute approximate surface area is 182 Å². The van der Waals surface area contributed by atoms with Crippen LogP contribution in [0, 0.1) is 0 Å². The lowest BCUT2D eigenvalue weighted by Gasteiger charge is -2.21. The van der Waals surface area contributed by atoms with E-state index in [1.807, 2.05) is 82.1 Å². The van der Waals surface area contributed by atoms with Crippen LogP contribution >= 0.6 is 11.3 Å². The number of para-hydroxylation sites is 2. The van der Waals surface area contributed by atoms with Crippen molar-refractivity contribution in [3.63, 3.8) is 0 Å². The van der Waals surface area contributed by atoms with Crippen LogP contribution in [0.15, 0.2) is 101 Å². The maximum absolute atomic E-state index is 13.1. The molecule has 152 valence electrons. The van der Waals surface area contributed by atoms with Crippen LogP contribution in [0.25, 0.3) is 16.6 Å². The Balaban J connectivity index is 1.83. The van der Waals surface area contributed by atoms with Crippen LogP contribution in [0.3, 0.4) is 0 Å². The molecule has 0 saturated heterocycles. The van der Waals surface area contributed by atoms with Gasteiger partial charge < -0.3 is 10.4 Å². The first-order chi connectivity index (χ1) is 15.2. The highest BCUT2D eigenvalue weighted by molar-refractivity contribution is 7.08. The first-order valence-corrected chi connectivity index (χ1v) is 10.8. The fraction of sp³-hybridized carbons (Fsp3) is 0.0400. The fourth-order valence-corrected chi connectivity index (χ4v) is 4.38. The number of pyridine rings is 2. The van der Waals surface area contributed by atoms with Gasteiger partial charge in [0.05, 0.1) is 10.9 Å². The molecule has 0 amide bonds. The summed E-state index contributed by atoms with van der Waals surface area (Å²) >= 11 is 1.52. The lowest BCUT2D eigenvalue weighted by atomic mass is 10.0. The Morgan fingerprint density at radius 2 is 1.71 bits per heavy atom. The van der Waals surface area contributed by atoms with Gasteiger partial charge in [0.2, 0.25) is 0 Å². The third-order valence-corrected chi connectivity index (χ3v) is 5.86. The number of hydrogen-bond acceptors (Lipinski definition) is 5. The van der Waals surface area contributed by atoms with Gasteiger partial charge in [-0.1, -0.05) is 36.4 Å². The van der Waals surface area contributed by atoms with Crippen LogP contribution < -0.4 is 10.7 Å². The van der Waals surface area contributed by atoms with Gasteiger partial charge in [0.1, 0.15) is 11.9 Å². The highest BCUT2D eigenvalue weighted by Crippen LogP contribution is 2.32. The third-order valence-electron chi connectivity index (χ3n) is 5.16. The van der Waals surface area contributed by atoms with Crippen molar-refractivity contribution >= 4 is 33.7 Å². The second kappa shape index (κ2) is 8.18. The number of rotatable bonds is 5. The van der Waals surface area contributed by atoms with Gasteiger partial charge in [-0.05, 0) is 46.7 Å². The van der Waals surface area contributed by atoms with Crippen molar-refractivity contribution in [2.45, 2.75) is 6.10 Å². The quantitative estimate of drug-likeness (QED) is 0.402. The van der Waals surface area contributed by atoms with Crippen molar-refractivity contribution in [3.8, 4) is 5.69 Å². The number of aliphatic hydroxyl groups is 1. The molecule has 6 heteroatoms. The van der Waals surface area contributed by atoms with Crippen molar-refractivity contribution in [2.75, 3.05) is 5.32 Å². The number of aromatic nitrogens is 2. The maximum atomic E-state index is 13.1. The molecule has 0 aliphatic carbocycles. The van der Waals surface area contributed by atoms with Gasteiger partial charge >= 0.3 is 0 Å². The Hall–Kier alpha value is -3.74. The zero-order chi connectivity index (χ0) is 21.2. The van der Waals surface area contributed by atoms with Gasteiger partial charge in [-0.15, -0.1) is 0 Å². The van der Waals surface area contributed by atoms with E-state index in [1.54, 1.807) is 18.5 Å². The Morgan fingerprint density at radius 3 is 2.42 bits per heavy atom. The van der Waals surface area contributed by atoms with Crippen LogP contribution in [-0.2, 0) is 0 Å².